The van der Waals surface area contributed by atoms with E-state index in [9.17, 15) is 0 Å². The summed E-state index contributed by atoms with van der Waals surface area (Å²) in [6.07, 6.45) is 3.75. The smallest absolute Gasteiger partial charge is 0.206 e. The molecule has 0 fully saturated rings. The minimum absolute atomic E-state index is 0.0119. The second-order valence-corrected chi connectivity index (χ2v) is 8.31. The molecule has 0 unspecified atom stereocenters. The number of methoxy groups -OCH3 is 2. The van der Waals surface area contributed by atoms with Gasteiger partial charge in [-0.2, -0.15) is 5.10 Å². The SMILES string of the molecule is C=CCN=c1scc(-c2cc(OC)ccc2OC)n1N=CC(c1ccccc1)c1ccccc1. The summed E-state index contributed by atoms with van der Waals surface area (Å²) in [6.45, 7) is 4.31. The van der Waals surface area contributed by atoms with E-state index in [0.717, 1.165) is 27.6 Å². The van der Waals surface area contributed by atoms with Gasteiger partial charge in [0.2, 0.25) is 4.80 Å². The van der Waals surface area contributed by atoms with Crippen LogP contribution in [0, 0.1) is 0 Å². The second-order valence-electron chi connectivity index (χ2n) is 7.47. The summed E-state index contributed by atoms with van der Waals surface area (Å²) in [7, 11) is 3.32. The molecule has 0 saturated carbocycles. The monoisotopic (exact) mass is 469 g/mol. The molecule has 34 heavy (non-hydrogen) atoms. The topological polar surface area (TPSA) is 48.1 Å². The zero-order valence-electron chi connectivity index (χ0n) is 19.3. The maximum absolute atomic E-state index is 5.65. The Labute approximate surface area is 204 Å². The second kappa shape index (κ2) is 11.3. The van der Waals surface area contributed by atoms with Crippen molar-refractivity contribution in [3.05, 3.63) is 113 Å². The van der Waals surface area contributed by atoms with Crippen LogP contribution >= 0.6 is 11.3 Å². The third-order valence-corrected chi connectivity index (χ3v) is 6.23. The zero-order valence-corrected chi connectivity index (χ0v) is 20.1. The van der Waals surface area contributed by atoms with Gasteiger partial charge in [0.1, 0.15) is 11.5 Å². The number of hydrogen-bond acceptors (Lipinski definition) is 5. The van der Waals surface area contributed by atoms with Gasteiger partial charge in [0.15, 0.2) is 0 Å². The number of rotatable bonds is 9. The molecule has 0 aliphatic carbocycles. The molecule has 0 spiro atoms. The van der Waals surface area contributed by atoms with Crippen LogP contribution in [-0.4, -0.2) is 31.7 Å². The first kappa shape index (κ1) is 23.3. The van der Waals surface area contributed by atoms with Crippen molar-refractivity contribution in [3.63, 3.8) is 0 Å². The van der Waals surface area contributed by atoms with E-state index in [4.69, 9.17) is 14.6 Å². The Balaban J connectivity index is 1.86. The molecule has 0 aliphatic heterocycles. The Morgan fingerprint density at radius 1 is 0.941 bits per heavy atom. The van der Waals surface area contributed by atoms with Gasteiger partial charge in [0.05, 0.1) is 26.5 Å². The van der Waals surface area contributed by atoms with E-state index in [1.807, 2.05) is 70.9 Å². The standard InChI is InChI=1S/C28H27N3O2S/c1-4-17-29-28-31(26(20-34-28)24-18-23(32-2)15-16-27(24)33-3)30-19-25(21-11-7-5-8-12-21)22-13-9-6-10-14-22/h4-16,18-20,25H,1,17H2,2-3H3. The number of benzene rings is 3. The highest BCUT2D eigenvalue weighted by Gasteiger charge is 2.16. The van der Waals surface area contributed by atoms with Gasteiger partial charge in [-0.25, -0.2) is 4.68 Å². The molecular formula is C28H27N3O2S. The quantitative estimate of drug-likeness (QED) is 0.223. The molecule has 5 nitrogen and oxygen atoms in total. The van der Waals surface area contributed by atoms with Crippen molar-refractivity contribution >= 4 is 17.6 Å². The molecular weight excluding hydrogens is 442 g/mol. The van der Waals surface area contributed by atoms with Gasteiger partial charge in [0, 0.05) is 23.1 Å². The summed E-state index contributed by atoms with van der Waals surface area (Å²) < 4.78 is 13.0. The van der Waals surface area contributed by atoms with Gasteiger partial charge in [-0.15, -0.1) is 17.9 Å². The summed E-state index contributed by atoms with van der Waals surface area (Å²) in [5.74, 6) is 1.47. The summed E-state index contributed by atoms with van der Waals surface area (Å²) in [6, 6.07) is 26.5. The molecule has 6 heteroatoms. The van der Waals surface area contributed by atoms with E-state index < -0.39 is 0 Å². The molecule has 4 rings (SSSR count). The van der Waals surface area contributed by atoms with Gasteiger partial charge in [-0.1, -0.05) is 66.7 Å². The molecule has 0 radical (unpaired) electrons. The fraction of sp³-hybridized carbons (Fsp3) is 0.143. The first-order chi connectivity index (χ1) is 16.7. The van der Waals surface area contributed by atoms with E-state index in [1.165, 1.54) is 22.5 Å². The van der Waals surface area contributed by atoms with Crippen LogP contribution in [0.15, 0.2) is 107 Å². The lowest BCUT2D eigenvalue weighted by molar-refractivity contribution is 0.404. The zero-order chi connectivity index (χ0) is 23.8. The Kier molecular flexibility index (Phi) is 7.73. The fourth-order valence-electron chi connectivity index (χ4n) is 3.68. The molecule has 0 N–H and O–H groups in total. The lowest BCUT2D eigenvalue weighted by Gasteiger charge is -2.14. The van der Waals surface area contributed by atoms with E-state index in [2.05, 4.69) is 35.8 Å². The Bertz CT molecular complexity index is 1290. The van der Waals surface area contributed by atoms with Gasteiger partial charge >= 0.3 is 0 Å². The van der Waals surface area contributed by atoms with Crippen LogP contribution in [0.2, 0.25) is 0 Å². The van der Waals surface area contributed by atoms with Crippen LogP contribution < -0.4 is 14.3 Å². The average Bonchev–Trinajstić information content (AvgIpc) is 3.30. The maximum Gasteiger partial charge on any atom is 0.206 e. The molecule has 0 aliphatic rings. The molecule has 4 aromatic rings. The third-order valence-electron chi connectivity index (χ3n) is 5.37. The van der Waals surface area contributed by atoms with Crippen LogP contribution in [0.4, 0.5) is 0 Å². The molecule has 1 aromatic heterocycles. The number of thiazole rings is 1. The number of nitrogens with zero attached hydrogens (tertiary/aromatic N) is 3. The minimum atomic E-state index is -0.0119. The summed E-state index contributed by atoms with van der Waals surface area (Å²) in [5, 5.41) is 7.00. The maximum atomic E-state index is 5.65. The predicted molar refractivity (Wildman–Crippen MR) is 140 cm³/mol. The molecule has 0 amide bonds. The third kappa shape index (κ3) is 5.18. The van der Waals surface area contributed by atoms with E-state index >= 15 is 0 Å². The van der Waals surface area contributed by atoms with Crippen molar-refractivity contribution in [2.24, 2.45) is 10.1 Å². The molecule has 1 heterocycles. The normalized spacial score (nSPS) is 11.8. The van der Waals surface area contributed by atoms with E-state index in [-0.39, 0.29) is 5.92 Å². The van der Waals surface area contributed by atoms with Crippen LogP contribution in [-0.2, 0) is 0 Å². The van der Waals surface area contributed by atoms with Crippen molar-refractivity contribution in [1.82, 2.24) is 4.68 Å². The predicted octanol–water partition coefficient (Wildman–Crippen LogP) is 5.99. The van der Waals surface area contributed by atoms with Gasteiger partial charge in [-0.3, -0.25) is 4.99 Å². The lowest BCUT2D eigenvalue weighted by Crippen LogP contribution is -2.14. The van der Waals surface area contributed by atoms with Gasteiger partial charge in [-0.05, 0) is 29.3 Å². The summed E-state index contributed by atoms with van der Waals surface area (Å²) >= 11 is 1.53. The molecule has 0 saturated heterocycles. The summed E-state index contributed by atoms with van der Waals surface area (Å²) in [4.78, 5) is 5.44. The van der Waals surface area contributed by atoms with Crippen LogP contribution in [0.3, 0.4) is 0 Å². The number of hydrogen-bond donors (Lipinski definition) is 0. The van der Waals surface area contributed by atoms with Crippen molar-refractivity contribution in [1.29, 1.82) is 0 Å². The number of ether oxygens (including phenoxy) is 2. The Morgan fingerprint density at radius 2 is 1.62 bits per heavy atom. The molecule has 0 atom stereocenters. The first-order valence-corrected chi connectivity index (χ1v) is 11.8. The largest absolute Gasteiger partial charge is 0.497 e. The van der Waals surface area contributed by atoms with Gasteiger partial charge in [0.25, 0.3) is 0 Å². The van der Waals surface area contributed by atoms with Gasteiger partial charge < -0.3 is 9.47 Å². The van der Waals surface area contributed by atoms with E-state index in [1.54, 1.807) is 20.3 Å². The summed E-state index contributed by atoms with van der Waals surface area (Å²) in [5.41, 5.74) is 4.09. The highest BCUT2D eigenvalue weighted by Crippen LogP contribution is 2.34. The van der Waals surface area contributed by atoms with Crippen molar-refractivity contribution in [2.45, 2.75) is 5.92 Å². The minimum Gasteiger partial charge on any atom is -0.497 e. The van der Waals surface area contributed by atoms with Crippen LogP contribution in [0.5, 0.6) is 11.5 Å². The average molecular weight is 470 g/mol. The van der Waals surface area contributed by atoms with Crippen molar-refractivity contribution < 1.29 is 9.47 Å². The molecule has 3 aromatic carbocycles. The Morgan fingerprint density at radius 3 is 2.21 bits per heavy atom. The molecule has 0 bridgehead atoms. The highest BCUT2D eigenvalue weighted by molar-refractivity contribution is 7.07. The lowest BCUT2D eigenvalue weighted by atomic mass is 9.92. The number of aromatic nitrogens is 1. The van der Waals surface area contributed by atoms with E-state index in [0.29, 0.717) is 6.54 Å². The van der Waals surface area contributed by atoms with Crippen molar-refractivity contribution in [3.8, 4) is 22.8 Å². The Hall–Kier alpha value is -3.90. The first-order valence-electron chi connectivity index (χ1n) is 10.9. The fourth-order valence-corrected chi connectivity index (χ4v) is 4.52. The van der Waals surface area contributed by atoms with Crippen molar-refractivity contribution in [2.75, 3.05) is 20.8 Å². The van der Waals surface area contributed by atoms with Crippen LogP contribution in [0.25, 0.3) is 11.3 Å². The highest BCUT2D eigenvalue weighted by atomic mass is 32.1. The molecule has 172 valence electrons. The van der Waals surface area contributed by atoms with Crippen LogP contribution in [0.1, 0.15) is 17.0 Å².